The minimum absolute atomic E-state index is 0.367. The summed E-state index contributed by atoms with van der Waals surface area (Å²) < 4.78 is 2.22. The maximum absolute atomic E-state index is 6.08. The quantitative estimate of drug-likeness (QED) is 0.917. The molecule has 1 aliphatic heterocycles. The van der Waals surface area contributed by atoms with Crippen LogP contribution in [0.5, 0.6) is 0 Å². The number of para-hydroxylation sites is 1. The SMILES string of the molecule is Cn1cc(C(CN)N2CCCCC2)c2ccccc21. The minimum Gasteiger partial charge on any atom is -0.350 e. The van der Waals surface area contributed by atoms with Gasteiger partial charge in [0.1, 0.15) is 0 Å². The Morgan fingerprint density at radius 3 is 2.63 bits per heavy atom. The van der Waals surface area contributed by atoms with Gasteiger partial charge in [0.25, 0.3) is 0 Å². The Labute approximate surface area is 115 Å². The van der Waals surface area contributed by atoms with Crippen LogP contribution in [0.1, 0.15) is 30.9 Å². The van der Waals surface area contributed by atoms with Crippen LogP contribution in [0.25, 0.3) is 10.9 Å². The van der Waals surface area contributed by atoms with Gasteiger partial charge in [0, 0.05) is 36.7 Å². The first-order valence-electron chi connectivity index (χ1n) is 7.29. The van der Waals surface area contributed by atoms with Crippen molar-refractivity contribution in [3.05, 3.63) is 36.0 Å². The second-order valence-electron chi connectivity index (χ2n) is 5.56. The highest BCUT2D eigenvalue weighted by Crippen LogP contribution is 2.30. The summed E-state index contributed by atoms with van der Waals surface area (Å²) in [6.45, 7) is 3.07. The van der Waals surface area contributed by atoms with Crippen LogP contribution in [-0.4, -0.2) is 29.1 Å². The summed E-state index contributed by atoms with van der Waals surface area (Å²) in [6, 6.07) is 8.99. The molecule has 1 unspecified atom stereocenters. The number of nitrogens with two attached hydrogens (primary N) is 1. The Balaban J connectivity index is 2.01. The van der Waals surface area contributed by atoms with Crippen molar-refractivity contribution >= 4 is 10.9 Å². The smallest absolute Gasteiger partial charge is 0.0491 e. The van der Waals surface area contributed by atoms with Crippen LogP contribution < -0.4 is 5.73 Å². The fourth-order valence-electron chi connectivity index (χ4n) is 3.34. The lowest BCUT2D eigenvalue weighted by molar-refractivity contribution is 0.168. The average Bonchev–Trinajstić information content (AvgIpc) is 2.79. The largest absolute Gasteiger partial charge is 0.350 e. The van der Waals surface area contributed by atoms with Gasteiger partial charge in [-0.25, -0.2) is 0 Å². The van der Waals surface area contributed by atoms with Crippen molar-refractivity contribution in [2.75, 3.05) is 19.6 Å². The lowest BCUT2D eigenvalue weighted by Crippen LogP contribution is -2.37. The number of hydrogen-bond acceptors (Lipinski definition) is 2. The third-order valence-electron chi connectivity index (χ3n) is 4.34. The van der Waals surface area contributed by atoms with E-state index in [1.54, 1.807) is 0 Å². The number of benzene rings is 1. The van der Waals surface area contributed by atoms with Crippen molar-refractivity contribution < 1.29 is 0 Å². The molecule has 2 aromatic rings. The van der Waals surface area contributed by atoms with Gasteiger partial charge < -0.3 is 10.3 Å². The van der Waals surface area contributed by atoms with E-state index in [2.05, 4.69) is 47.0 Å². The fourth-order valence-corrected chi connectivity index (χ4v) is 3.34. The van der Waals surface area contributed by atoms with E-state index in [9.17, 15) is 0 Å². The minimum atomic E-state index is 0.367. The Kier molecular flexibility index (Phi) is 3.58. The molecule has 102 valence electrons. The molecule has 1 aromatic carbocycles. The second kappa shape index (κ2) is 5.35. The van der Waals surface area contributed by atoms with E-state index < -0.39 is 0 Å². The molecule has 1 atom stereocenters. The van der Waals surface area contributed by atoms with Crippen LogP contribution in [-0.2, 0) is 7.05 Å². The zero-order valence-electron chi connectivity index (χ0n) is 11.7. The maximum atomic E-state index is 6.08. The average molecular weight is 257 g/mol. The fraction of sp³-hybridized carbons (Fsp3) is 0.500. The zero-order chi connectivity index (χ0) is 13.2. The van der Waals surface area contributed by atoms with E-state index in [-0.39, 0.29) is 0 Å². The number of piperidine rings is 1. The van der Waals surface area contributed by atoms with Gasteiger partial charge in [-0.2, -0.15) is 0 Å². The van der Waals surface area contributed by atoms with E-state index in [1.807, 2.05) is 0 Å². The molecule has 1 aromatic heterocycles. The van der Waals surface area contributed by atoms with Gasteiger partial charge in [0.05, 0.1) is 0 Å². The van der Waals surface area contributed by atoms with E-state index in [0.717, 1.165) is 0 Å². The molecular weight excluding hydrogens is 234 g/mol. The van der Waals surface area contributed by atoms with Gasteiger partial charge in [-0.15, -0.1) is 0 Å². The molecule has 2 N–H and O–H groups in total. The molecule has 1 fully saturated rings. The monoisotopic (exact) mass is 257 g/mol. The van der Waals surface area contributed by atoms with Crippen molar-refractivity contribution in [2.24, 2.45) is 12.8 Å². The lowest BCUT2D eigenvalue weighted by Gasteiger charge is -2.33. The van der Waals surface area contributed by atoms with Crippen LogP contribution in [0.4, 0.5) is 0 Å². The Morgan fingerprint density at radius 1 is 1.16 bits per heavy atom. The normalized spacial score (nSPS) is 18.8. The number of nitrogens with zero attached hydrogens (tertiary/aromatic N) is 2. The van der Waals surface area contributed by atoms with Crippen LogP contribution in [0, 0.1) is 0 Å². The lowest BCUT2D eigenvalue weighted by atomic mass is 10.0. The second-order valence-corrected chi connectivity index (χ2v) is 5.56. The van der Waals surface area contributed by atoms with Crippen molar-refractivity contribution in [2.45, 2.75) is 25.3 Å². The summed E-state index contributed by atoms with van der Waals surface area (Å²) >= 11 is 0. The highest BCUT2D eigenvalue weighted by atomic mass is 15.2. The predicted molar refractivity (Wildman–Crippen MR) is 80.1 cm³/mol. The molecule has 0 bridgehead atoms. The van der Waals surface area contributed by atoms with Crippen molar-refractivity contribution in [3.8, 4) is 0 Å². The summed E-state index contributed by atoms with van der Waals surface area (Å²) in [5.41, 5.74) is 8.78. The zero-order valence-corrected chi connectivity index (χ0v) is 11.7. The van der Waals surface area contributed by atoms with Crippen molar-refractivity contribution in [3.63, 3.8) is 0 Å². The summed E-state index contributed by atoms with van der Waals surface area (Å²) in [7, 11) is 2.12. The highest BCUT2D eigenvalue weighted by molar-refractivity contribution is 5.84. The van der Waals surface area contributed by atoms with Crippen molar-refractivity contribution in [1.29, 1.82) is 0 Å². The molecule has 0 saturated carbocycles. The third-order valence-corrected chi connectivity index (χ3v) is 4.34. The van der Waals surface area contributed by atoms with Crippen LogP contribution in [0.15, 0.2) is 30.5 Å². The van der Waals surface area contributed by atoms with Gasteiger partial charge in [0.2, 0.25) is 0 Å². The molecule has 19 heavy (non-hydrogen) atoms. The first kappa shape index (κ1) is 12.7. The van der Waals surface area contributed by atoms with Crippen LogP contribution >= 0.6 is 0 Å². The molecule has 1 aliphatic rings. The molecule has 0 spiro atoms. The Hall–Kier alpha value is -1.32. The highest BCUT2D eigenvalue weighted by Gasteiger charge is 2.23. The number of fused-ring (bicyclic) bond motifs is 1. The first-order chi connectivity index (χ1) is 9.31. The molecule has 0 aliphatic carbocycles. The molecule has 3 heteroatoms. The molecular formula is C16H23N3. The summed E-state index contributed by atoms with van der Waals surface area (Å²) in [5.74, 6) is 0. The maximum Gasteiger partial charge on any atom is 0.0491 e. The Bertz CT molecular complexity index is 552. The molecule has 2 heterocycles. The first-order valence-corrected chi connectivity index (χ1v) is 7.29. The summed E-state index contributed by atoms with van der Waals surface area (Å²) in [6.07, 6.45) is 6.24. The van der Waals surface area contributed by atoms with E-state index >= 15 is 0 Å². The summed E-state index contributed by atoms with van der Waals surface area (Å²) in [5, 5.41) is 1.35. The molecule has 3 nitrogen and oxygen atoms in total. The summed E-state index contributed by atoms with van der Waals surface area (Å²) in [4.78, 5) is 2.56. The van der Waals surface area contributed by atoms with Crippen LogP contribution in [0.3, 0.4) is 0 Å². The van der Waals surface area contributed by atoms with Gasteiger partial charge in [-0.1, -0.05) is 24.6 Å². The molecule has 3 rings (SSSR count). The van der Waals surface area contributed by atoms with E-state index in [1.165, 1.54) is 48.8 Å². The predicted octanol–water partition coefficient (Wildman–Crippen LogP) is 2.66. The third kappa shape index (κ3) is 2.28. The van der Waals surface area contributed by atoms with Crippen LogP contribution in [0.2, 0.25) is 0 Å². The number of hydrogen-bond donors (Lipinski definition) is 1. The molecule has 0 amide bonds. The number of likely N-dealkylation sites (tertiary alicyclic amines) is 1. The van der Waals surface area contributed by atoms with Crippen molar-refractivity contribution in [1.82, 2.24) is 9.47 Å². The van der Waals surface area contributed by atoms with Gasteiger partial charge in [-0.05, 0) is 37.6 Å². The number of rotatable bonds is 3. The van der Waals surface area contributed by atoms with Gasteiger partial charge >= 0.3 is 0 Å². The number of aryl methyl sites for hydroxylation is 1. The standard InChI is InChI=1S/C16H23N3/c1-18-12-14(13-7-3-4-8-15(13)18)16(11-17)19-9-5-2-6-10-19/h3-4,7-8,12,16H,2,5-6,9-11,17H2,1H3. The van der Waals surface area contributed by atoms with E-state index in [0.29, 0.717) is 12.6 Å². The van der Waals surface area contributed by atoms with Gasteiger partial charge in [0.15, 0.2) is 0 Å². The van der Waals surface area contributed by atoms with E-state index in [4.69, 9.17) is 5.73 Å². The van der Waals surface area contributed by atoms with Gasteiger partial charge in [-0.3, -0.25) is 4.90 Å². The molecule has 0 radical (unpaired) electrons. The Morgan fingerprint density at radius 2 is 1.89 bits per heavy atom. The topological polar surface area (TPSA) is 34.2 Å². The number of aromatic nitrogens is 1. The molecule has 1 saturated heterocycles.